The molecule has 0 aliphatic rings. The van der Waals surface area contributed by atoms with E-state index in [0.29, 0.717) is 0 Å². The van der Waals surface area contributed by atoms with Crippen molar-refractivity contribution in [3.05, 3.63) is 29.8 Å². The monoisotopic (exact) mass is 192 g/mol. The number of nitrogens with zero attached hydrogens (tertiary/aromatic N) is 1. The minimum atomic E-state index is 0.793. The fraction of sp³-hybridized carbons (Fsp3) is 0.500. The van der Waals surface area contributed by atoms with Crippen LogP contribution in [-0.4, -0.2) is 20.1 Å². The van der Waals surface area contributed by atoms with Gasteiger partial charge in [0.05, 0.1) is 0 Å². The smallest absolute Gasteiger partial charge is 0.0363 e. The summed E-state index contributed by atoms with van der Waals surface area (Å²) in [5.74, 6) is 0. The Hall–Kier alpha value is -1.02. The zero-order chi connectivity index (χ0) is 10.4. The van der Waals surface area contributed by atoms with Gasteiger partial charge < -0.3 is 10.6 Å². The molecule has 14 heavy (non-hydrogen) atoms. The molecule has 78 valence electrons. The Kier molecular flexibility index (Phi) is 4.47. The molecule has 0 saturated carbocycles. The van der Waals surface area contributed by atoms with Crippen LogP contribution >= 0.6 is 0 Å². The lowest BCUT2D eigenvalue weighted by Crippen LogP contribution is -2.19. The van der Waals surface area contributed by atoms with E-state index in [9.17, 15) is 0 Å². The Bertz CT molecular complexity index is 254. The van der Waals surface area contributed by atoms with Gasteiger partial charge in [-0.3, -0.25) is 0 Å². The number of hydrogen-bond acceptors (Lipinski definition) is 2. The Morgan fingerprint density at radius 1 is 1.14 bits per heavy atom. The third kappa shape index (κ3) is 3.38. The second kappa shape index (κ2) is 5.66. The Balaban J connectivity index is 2.43. The van der Waals surface area contributed by atoms with Gasteiger partial charge in [0, 0.05) is 19.3 Å². The minimum Gasteiger partial charge on any atom is -0.375 e. The molecule has 2 N–H and O–H groups in total. The lowest BCUT2D eigenvalue weighted by molar-refractivity contribution is 0.728. The summed E-state index contributed by atoms with van der Waals surface area (Å²) in [4.78, 5) is 2.27. The van der Waals surface area contributed by atoms with Gasteiger partial charge in [-0.1, -0.05) is 17.7 Å². The first-order valence-corrected chi connectivity index (χ1v) is 5.22. The van der Waals surface area contributed by atoms with Crippen LogP contribution in [0.25, 0.3) is 0 Å². The quantitative estimate of drug-likeness (QED) is 0.724. The Morgan fingerprint density at radius 3 is 2.36 bits per heavy atom. The summed E-state index contributed by atoms with van der Waals surface area (Å²) >= 11 is 0. The summed E-state index contributed by atoms with van der Waals surface area (Å²) in [7, 11) is 2.13. The molecule has 1 aromatic rings. The fourth-order valence-corrected chi connectivity index (χ4v) is 1.42. The van der Waals surface area contributed by atoms with Crippen molar-refractivity contribution in [1.29, 1.82) is 0 Å². The average Bonchev–Trinajstić information content (AvgIpc) is 2.19. The minimum absolute atomic E-state index is 0.793. The van der Waals surface area contributed by atoms with Crippen molar-refractivity contribution in [2.45, 2.75) is 19.8 Å². The highest BCUT2D eigenvalue weighted by Crippen LogP contribution is 2.13. The van der Waals surface area contributed by atoms with E-state index < -0.39 is 0 Å². The van der Waals surface area contributed by atoms with Crippen LogP contribution in [-0.2, 0) is 0 Å². The molecule has 0 unspecified atom stereocenters. The molecule has 0 aromatic heterocycles. The van der Waals surface area contributed by atoms with Crippen LogP contribution < -0.4 is 10.6 Å². The molecule has 0 atom stereocenters. The zero-order valence-electron chi connectivity index (χ0n) is 9.16. The lowest BCUT2D eigenvalue weighted by atomic mass is 10.2. The highest BCUT2D eigenvalue weighted by molar-refractivity contribution is 5.46. The topological polar surface area (TPSA) is 29.3 Å². The summed E-state index contributed by atoms with van der Waals surface area (Å²) in [5, 5.41) is 0. The van der Waals surface area contributed by atoms with Gasteiger partial charge in [-0.2, -0.15) is 0 Å². The fourth-order valence-electron chi connectivity index (χ4n) is 1.42. The first-order chi connectivity index (χ1) is 6.74. The van der Waals surface area contributed by atoms with E-state index in [0.717, 1.165) is 19.5 Å². The molecule has 1 aromatic carbocycles. The van der Waals surface area contributed by atoms with Crippen LogP contribution in [0.1, 0.15) is 18.4 Å². The molecule has 2 heteroatoms. The second-order valence-electron chi connectivity index (χ2n) is 3.75. The molecule has 2 nitrogen and oxygen atoms in total. The van der Waals surface area contributed by atoms with Crippen LogP contribution in [0, 0.1) is 6.92 Å². The van der Waals surface area contributed by atoms with Gasteiger partial charge >= 0.3 is 0 Å². The molecule has 0 aliphatic carbocycles. The van der Waals surface area contributed by atoms with Crippen LogP contribution in [0.2, 0.25) is 0 Å². The zero-order valence-corrected chi connectivity index (χ0v) is 9.16. The summed E-state index contributed by atoms with van der Waals surface area (Å²) in [6.45, 7) is 3.99. The van der Waals surface area contributed by atoms with E-state index in [4.69, 9.17) is 5.73 Å². The maximum atomic E-state index is 5.45. The largest absolute Gasteiger partial charge is 0.375 e. The van der Waals surface area contributed by atoms with E-state index in [2.05, 4.69) is 43.1 Å². The molecule has 0 bridgehead atoms. The average molecular weight is 192 g/mol. The van der Waals surface area contributed by atoms with Crippen molar-refractivity contribution >= 4 is 5.69 Å². The summed E-state index contributed by atoms with van der Waals surface area (Å²) in [6, 6.07) is 8.62. The predicted octanol–water partition coefficient (Wildman–Crippen LogP) is 2.17. The van der Waals surface area contributed by atoms with Gasteiger partial charge in [0.15, 0.2) is 0 Å². The van der Waals surface area contributed by atoms with Crippen molar-refractivity contribution in [2.75, 3.05) is 25.0 Å². The van der Waals surface area contributed by atoms with E-state index in [1.165, 1.54) is 17.7 Å². The molecular weight excluding hydrogens is 172 g/mol. The molecule has 0 heterocycles. The molecule has 0 aliphatic heterocycles. The van der Waals surface area contributed by atoms with Crippen molar-refractivity contribution < 1.29 is 0 Å². The van der Waals surface area contributed by atoms with Crippen LogP contribution in [0.3, 0.4) is 0 Å². The van der Waals surface area contributed by atoms with Crippen molar-refractivity contribution in [2.24, 2.45) is 5.73 Å². The number of rotatable bonds is 5. The number of aryl methyl sites for hydroxylation is 1. The molecule has 0 radical (unpaired) electrons. The van der Waals surface area contributed by atoms with Gasteiger partial charge in [-0.25, -0.2) is 0 Å². The molecular formula is C12H20N2. The van der Waals surface area contributed by atoms with Gasteiger partial charge in [-0.05, 0) is 38.4 Å². The highest BCUT2D eigenvalue weighted by atomic mass is 15.1. The number of nitrogens with two attached hydrogens (primary N) is 1. The first kappa shape index (κ1) is 11.1. The van der Waals surface area contributed by atoms with E-state index in [-0.39, 0.29) is 0 Å². The molecule has 0 amide bonds. The molecule has 0 spiro atoms. The number of unbranched alkanes of at least 4 members (excludes halogenated alkanes) is 1. The molecule has 0 saturated heterocycles. The number of hydrogen-bond donors (Lipinski definition) is 1. The van der Waals surface area contributed by atoms with Crippen LogP contribution in [0.5, 0.6) is 0 Å². The highest BCUT2D eigenvalue weighted by Gasteiger charge is 1.98. The summed E-state index contributed by atoms with van der Waals surface area (Å²) in [5.41, 5.74) is 8.05. The van der Waals surface area contributed by atoms with E-state index in [1.54, 1.807) is 0 Å². The summed E-state index contributed by atoms with van der Waals surface area (Å²) in [6.07, 6.45) is 2.27. The first-order valence-electron chi connectivity index (χ1n) is 5.22. The Morgan fingerprint density at radius 2 is 1.79 bits per heavy atom. The van der Waals surface area contributed by atoms with E-state index in [1.807, 2.05) is 0 Å². The van der Waals surface area contributed by atoms with Crippen molar-refractivity contribution in [1.82, 2.24) is 0 Å². The maximum absolute atomic E-state index is 5.45. The SMILES string of the molecule is Cc1ccc(N(C)CCCCN)cc1. The van der Waals surface area contributed by atoms with Crippen LogP contribution in [0.15, 0.2) is 24.3 Å². The third-order valence-electron chi connectivity index (χ3n) is 2.42. The Labute approximate surface area is 86.7 Å². The van der Waals surface area contributed by atoms with Gasteiger partial charge in [0.25, 0.3) is 0 Å². The normalized spacial score (nSPS) is 10.2. The summed E-state index contributed by atoms with van der Waals surface area (Å²) < 4.78 is 0. The molecule has 1 rings (SSSR count). The van der Waals surface area contributed by atoms with Crippen LogP contribution in [0.4, 0.5) is 5.69 Å². The van der Waals surface area contributed by atoms with Gasteiger partial charge in [-0.15, -0.1) is 0 Å². The standard InChI is InChI=1S/C12H20N2/c1-11-5-7-12(8-6-11)14(2)10-4-3-9-13/h5-8H,3-4,9-10,13H2,1-2H3. The number of anilines is 1. The van der Waals surface area contributed by atoms with Gasteiger partial charge in [0.2, 0.25) is 0 Å². The van der Waals surface area contributed by atoms with Crippen molar-refractivity contribution in [3.8, 4) is 0 Å². The van der Waals surface area contributed by atoms with Gasteiger partial charge in [0.1, 0.15) is 0 Å². The van der Waals surface area contributed by atoms with Crippen molar-refractivity contribution in [3.63, 3.8) is 0 Å². The second-order valence-corrected chi connectivity index (χ2v) is 3.75. The lowest BCUT2D eigenvalue weighted by Gasteiger charge is -2.19. The number of benzene rings is 1. The predicted molar refractivity (Wildman–Crippen MR) is 62.7 cm³/mol. The van der Waals surface area contributed by atoms with E-state index >= 15 is 0 Å². The third-order valence-corrected chi connectivity index (χ3v) is 2.42. The maximum Gasteiger partial charge on any atom is 0.0363 e. The molecule has 0 fully saturated rings.